The quantitative estimate of drug-likeness (QED) is 0.486. The van der Waals surface area contributed by atoms with Gasteiger partial charge in [0, 0.05) is 5.92 Å². The molecule has 1 fully saturated rings. The number of nitrogens with zero attached hydrogens (tertiary/aromatic N) is 1. The van der Waals surface area contributed by atoms with Crippen molar-refractivity contribution in [3.63, 3.8) is 0 Å². The molecule has 8 heteroatoms. The first-order valence-electron chi connectivity index (χ1n) is 5.64. The molecule has 18 heavy (non-hydrogen) atoms. The number of thiol groups is 1. The van der Waals surface area contributed by atoms with E-state index in [-0.39, 0.29) is 17.6 Å². The largest absolute Gasteiger partial charge is 0.340 e. The van der Waals surface area contributed by atoms with Crippen LogP contribution in [0, 0.1) is 5.92 Å². The van der Waals surface area contributed by atoms with Gasteiger partial charge in [-0.05, 0) is 12.8 Å². The zero-order chi connectivity index (χ0) is 12.7. The van der Waals surface area contributed by atoms with Gasteiger partial charge >= 0.3 is 0 Å². The molecule has 1 aliphatic heterocycles. The third kappa shape index (κ3) is 2.35. The molecule has 1 atom stereocenters. The minimum absolute atomic E-state index is 0.239. The summed E-state index contributed by atoms with van der Waals surface area (Å²) in [6.45, 7) is 0. The Labute approximate surface area is 113 Å². The minimum atomic E-state index is -0.431. The van der Waals surface area contributed by atoms with Gasteiger partial charge in [-0.3, -0.25) is 9.59 Å². The third-order valence-corrected chi connectivity index (χ3v) is 3.99. The summed E-state index contributed by atoms with van der Waals surface area (Å²) in [5, 5.41) is 6.12. The summed E-state index contributed by atoms with van der Waals surface area (Å²) < 4.78 is 0. The lowest BCUT2D eigenvalue weighted by atomic mass is 10.3. The Kier molecular flexibility index (Phi) is 2.98. The minimum Gasteiger partial charge on any atom is -0.340 e. The van der Waals surface area contributed by atoms with Crippen LogP contribution in [0.15, 0.2) is 5.16 Å². The van der Waals surface area contributed by atoms with Crippen LogP contribution in [0.25, 0.3) is 0 Å². The number of Topliss-reactive ketones (excluding diaryl/α,β-unsaturated/α-hetero) is 1. The highest BCUT2D eigenvalue weighted by Crippen LogP contribution is 2.32. The average molecular weight is 284 g/mol. The van der Waals surface area contributed by atoms with E-state index >= 15 is 0 Å². The maximum Gasteiger partial charge on any atom is 0.273 e. The molecule has 1 amide bonds. The van der Waals surface area contributed by atoms with E-state index in [1.165, 1.54) is 11.8 Å². The molecule has 2 aliphatic rings. The summed E-state index contributed by atoms with van der Waals surface area (Å²) in [7, 11) is 0. The van der Waals surface area contributed by atoms with Crippen LogP contribution >= 0.6 is 24.4 Å². The zero-order valence-electron chi connectivity index (χ0n) is 9.40. The molecule has 0 aromatic carbocycles. The van der Waals surface area contributed by atoms with Crippen LogP contribution in [-0.4, -0.2) is 32.9 Å². The number of imidazole rings is 1. The van der Waals surface area contributed by atoms with Crippen molar-refractivity contribution in [2.24, 2.45) is 5.92 Å². The Bertz CT molecular complexity index is 512. The molecule has 6 nitrogen and oxygen atoms in total. The Morgan fingerprint density at radius 1 is 1.44 bits per heavy atom. The topological polar surface area (TPSA) is 86.9 Å². The van der Waals surface area contributed by atoms with Gasteiger partial charge in [-0.1, -0.05) is 11.8 Å². The van der Waals surface area contributed by atoms with E-state index in [1.807, 2.05) is 0 Å². The molecular formula is C10H12N4O2S2. The maximum absolute atomic E-state index is 11.6. The molecule has 3 N–H and O–H groups in total. The maximum atomic E-state index is 11.6. The Hall–Kier alpha value is -1.15. The molecule has 0 bridgehead atoms. The monoisotopic (exact) mass is 284 g/mol. The van der Waals surface area contributed by atoms with E-state index in [0.29, 0.717) is 22.4 Å². The number of H-pyrrole nitrogens is 1. The molecule has 96 valence electrons. The van der Waals surface area contributed by atoms with E-state index in [9.17, 15) is 9.59 Å². The standard InChI is InChI=1S/C10H12N4O2S2/c15-5(4-1-2-4)3-18-10-11-6-7(13-10)12-9(17)14-8(6)16/h4,9,12,17H,1-3H2,(H,11,13)(H,14,16). The van der Waals surface area contributed by atoms with E-state index in [4.69, 9.17) is 0 Å². The van der Waals surface area contributed by atoms with Gasteiger partial charge in [0.15, 0.2) is 11.0 Å². The van der Waals surface area contributed by atoms with Gasteiger partial charge < -0.3 is 15.6 Å². The highest BCUT2D eigenvalue weighted by Gasteiger charge is 2.30. The first-order chi connectivity index (χ1) is 8.63. The number of carbonyl (C=O) groups excluding carboxylic acids is 2. The summed E-state index contributed by atoms with van der Waals surface area (Å²) >= 11 is 5.45. The summed E-state index contributed by atoms with van der Waals surface area (Å²) in [5.74, 6) is 1.17. The van der Waals surface area contributed by atoms with E-state index < -0.39 is 5.50 Å². The number of hydrogen-bond donors (Lipinski definition) is 4. The molecule has 3 rings (SSSR count). The first kappa shape index (κ1) is 11.9. The number of thioether (sulfide) groups is 1. The molecule has 1 unspecified atom stereocenters. The lowest BCUT2D eigenvalue weighted by Crippen LogP contribution is -2.41. The SMILES string of the molecule is O=C1NC(S)Nc2nc(SCC(=O)C3CC3)[nH]c21. The van der Waals surface area contributed by atoms with Gasteiger partial charge in [-0.15, -0.1) is 12.6 Å². The Morgan fingerprint density at radius 3 is 2.94 bits per heavy atom. The molecule has 2 heterocycles. The van der Waals surface area contributed by atoms with Gasteiger partial charge in [0.1, 0.15) is 17.0 Å². The molecule has 1 saturated carbocycles. The second-order valence-corrected chi connectivity index (χ2v) is 5.80. The van der Waals surface area contributed by atoms with Crippen LogP contribution in [0.3, 0.4) is 0 Å². The van der Waals surface area contributed by atoms with Crippen molar-refractivity contribution in [2.45, 2.75) is 23.5 Å². The van der Waals surface area contributed by atoms with Gasteiger partial charge in [-0.25, -0.2) is 4.98 Å². The number of rotatable bonds is 4. The number of hydrogen-bond acceptors (Lipinski definition) is 6. The fourth-order valence-corrected chi connectivity index (χ4v) is 2.80. The smallest absolute Gasteiger partial charge is 0.273 e. The van der Waals surface area contributed by atoms with Crippen molar-refractivity contribution in [3.8, 4) is 0 Å². The number of aromatic amines is 1. The van der Waals surface area contributed by atoms with Gasteiger partial charge in [0.25, 0.3) is 5.91 Å². The summed E-state index contributed by atoms with van der Waals surface area (Å²) in [4.78, 5) is 30.3. The summed E-state index contributed by atoms with van der Waals surface area (Å²) in [6, 6.07) is 0. The number of amides is 1. The number of aromatic nitrogens is 2. The molecule has 0 saturated heterocycles. The van der Waals surface area contributed by atoms with Gasteiger partial charge in [0.2, 0.25) is 0 Å². The highest BCUT2D eigenvalue weighted by molar-refractivity contribution is 7.99. The van der Waals surface area contributed by atoms with Crippen molar-refractivity contribution in [2.75, 3.05) is 11.1 Å². The van der Waals surface area contributed by atoms with E-state index in [2.05, 4.69) is 33.2 Å². The zero-order valence-corrected chi connectivity index (χ0v) is 11.1. The summed E-state index contributed by atoms with van der Waals surface area (Å²) in [6.07, 6.45) is 2.03. The van der Waals surface area contributed by atoms with Crippen molar-refractivity contribution < 1.29 is 9.59 Å². The number of fused-ring (bicyclic) bond motifs is 1. The van der Waals surface area contributed by atoms with E-state index in [0.717, 1.165) is 12.8 Å². The van der Waals surface area contributed by atoms with Crippen LogP contribution in [0.4, 0.5) is 5.82 Å². The van der Waals surface area contributed by atoms with Crippen LogP contribution in [-0.2, 0) is 4.79 Å². The Morgan fingerprint density at radius 2 is 2.22 bits per heavy atom. The van der Waals surface area contributed by atoms with Crippen molar-refractivity contribution >= 4 is 41.9 Å². The highest BCUT2D eigenvalue weighted by atomic mass is 32.2. The number of ketones is 1. The fraction of sp³-hybridized carbons (Fsp3) is 0.500. The number of carbonyl (C=O) groups is 2. The normalized spacial score (nSPS) is 22.1. The second-order valence-electron chi connectivity index (χ2n) is 4.32. The van der Waals surface area contributed by atoms with Crippen molar-refractivity contribution in [1.82, 2.24) is 15.3 Å². The van der Waals surface area contributed by atoms with Gasteiger partial charge in [0.05, 0.1) is 5.75 Å². The molecular weight excluding hydrogens is 272 g/mol. The van der Waals surface area contributed by atoms with Crippen LogP contribution in [0.2, 0.25) is 0 Å². The van der Waals surface area contributed by atoms with Crippen LogP contribution in [0.5, 0.6) is 0 Å². The van der Waals surface area contributed by atoms with Crippen molar-refractivity contribution in [3.05, 3.63) is 5.69 Å². The predicted molar refractivity (Wildman–Crippen MR) is 70.9 cm³/mol. The lowest BCUT2D eigenvalue weighted by Gasteiger charge is -2.19. The Balaban J connectivity index is 1.68. The van der Waals surface area contributed by atoms with Crippen molar-refractivity contribution in [1.29, 1.82) is 0 Å². The first-order valence-corrected chi connectivity index (χ1v) is 7.14. The molecule has 1 aromatic heterocycles. The van der Waals surface area contributed by atoms with E-state index in [1.54, 1.807) is 0 Å². The summed E-state index contributed by atoms with van der Waals surface area (Å²) in [5.41, 5.74) is -0.0408. The number of anilines is 1. The molecule has 0 spiro atoms. The van der Waals surface area contributed by atoms with Crippen LogP contribution in [0.1, 0.15) is 23.3 Å². The predicted octanol–water partition coefficient (Wildman–Crippen LogP) is 0.850. The number of nitrogens with one attached hydrogen (secondary N) is 3. The molecule has 1 aromatic rings. The average Bonchev–Trinajstić information content (AvgIpc) is 3.07. The molecule has 0 radical (unpaired) electrons. The fourth-order valence-electron chi connectivity index (χ4n) is 1.71. The molecule has 1 aliphatic carbocycles. The van der Waals surface area contributed by atoms with Crippen LogP contribution < -0.4 is 10.6 Å². The van der Waals surface area contributed by atoms with Gasteiger partial charge in [-0.2, -0.15) is 0 Å². The third-order valence-electron chi connectivity index (χ3n) is 2.83. The lowest BCUT2D eigenvalue weighted by molar-refractivity contribution is -0.117. The second kappa shape index (κ2) is 4.51.